The molecule has 104 valence electrons. The predicted octanol–water partition coefficient (Wildman–Crippen LogP) is 2.58. The monoisotopic (exact) mass is 273 g/mol. The number of hydrazine groups is 1. The van der Waals surface area contributed by atoms with E-state index in [1.54, 1.807) is 0 Å². The van der Waals surface area contributed by atoms with Crippen molar-refractivity contribution in [2.75, 3.05) is 10.7 Å². The maximum absolute atomic E-state index is 11.0. The maximum Gasteiger partial charge on any atom is 0.311 e. The van der Waals surface area contributed by atoms with Crippen LogP contribution in [-0.4, -0.2) is 9.91 Å². The smallest absolute Gasteiger partial charge is 0.311 e. The molecule has 20 heavy (non-hydrogen) atoms. The molecule has 2 aromatic rings. The van der Waals surface area contributed by atoms with Gasteiger partial charge in [-0.25, -0.2) is 10.8 Å². The lowest BCUT2D eigenvalue weighted by molar-refractivity contribution is -0.384. The number of pyridine rings is 1. The van der Waals surface area contributed by atoms with E-state index in [-0.39, 0.29) is 11.5 Å². The number of benzene rings is 1. The molecule has 4 N–H and O–H groups in total. The number of aryl methyl sites for hydroxylation is 1. The number of nitrogens with two attached hydrogens (primary N) is 1. The third-order valence-corrected chi connectivity index (χ3v) is 2.82. The lowest BCUT2D eigenvalue weighted by Crippen LogP contribution is -2.10. The second-order valence-electron chi connectivity index (χ2n) is 4.14. The van der Waals surface area contributed by atoms with Crippen LogP contribution in [0.3, 0.4) is 0 Å². The third-order valence-electron chi connectivity index (χ3n) is 2.82. The molecule has 1 aromatic heterocycles. The number of nitro groups is 1. The van der Waals surface area contributed by atoms with Crippen LogP contribution in [0.5, 0.6) is 0 Å². The molecule has 0 bridgehead atoms. The fourth-order valence-corrected chi connectivity index (χ4v) is 1.78. The van der Waals surface area contributed by atoms with Gasteiger partial charge in [-0.3, -0.25) is 10.1 Å². The Morgan fingerprint density at radius 1 is 1.35 bits per heavy atom. The molecule has 2 rings (SSSR count). The molecule has 0 unspecified atom stereocenters. The Kier molecular flexibility index (Phi) is 4.11. The summed E-state index contributed by atoms with van der Waals surface area (Å²) in [4.78, 5) is 14.6. The topological polar surface area (TPSA) is 106 Å². The zero-order chi connectivity index (χ0) is 14.5. The minimum absolute atomic E-state index is 0.106. The number of hydrogen-bond acceptors (Lipinski definition) is 6. The van der Waals surface area contributed by atoms with Gasteiger partial charge in [0.25, 0.3) is 0 Å². The summed E-state index contributed by atoms with van der Waals surface area (Å²) < 4.78 is 0. The summed E-state index contributed by atoms with van der Waals surface area (Å²) in [6.07, 6.45) is 0.884. The first-order valence-electron chi connectivity index (χ1n) is 6.12. The number of nitrogens with one attached hydrogen (secondary N) is 2. The zero-order valence-corrected chi connectivity index (χ0v) is 11.0. The van der Waals surface area contributed by atoms with Crippen molar-refractivity contribution < 1.29 is 4.92 Å². The standard InChI is InChI=1S/C13H15N5O2/c1-2-9-4-3-5-10(8-9)15-13-11(18(19)20)6-7-12(16-13)17-14/h3-8H,2,14H2,1H3,(H2,15,16,17). The summed E-state index contributed by atoms with van der Waals surface area (Å²) >= 11 is 0. The van der Waals surface area contributed by atoms with E-state index < -0.39 is 4.92 Å². The van der Waals surface area contributed by atoms with Crippen molar-refractivity contribution >= 4 is 23.0 Å². The van der Waals surface area contributed by atoms with Crippen molar-refractivity contribution in [3.63, 3.8) is 0 Å². The number of hydrogen-bond donors (Lipinski definition) is 3. The van der Waals surface area contributed by atoms with Crippen molar-refractivity contribution in [3.05, 3.63) is 52.1 Å². The number of nitrogens with zero attached hydrogens (tertiary/aromatic N) is 2. The molecule has 0 saturated carbocycles. The molecule has 7 heteroatoms. The molecule has 7 nitrogen and oxygen atoms in total. The van der Waals surface area contributed by atoms with Crippen LogP contribution in [0.1, 0.15) is 12.5 Å². The average Bonchev–Trinajstić information content (AvgIpc) is 2.47. The van der Waals surface area contributed by atoms with Gasteiger partial charge in [0.2, 0.25) is 5.82 Å². The average molecular weight is 273 g/mol. The van der Waals surface area contributed by atoms with Gasteiger partial charge < -0.3 is 10.7 Å². The van der Waals surface area contributed by atoms with Crippen molar-refractivity contribution in [1.82, 2.24) is 4.98 Å². The molecule has 0 aliphatic carbocycles. The molecule has 0 saturated heterocycles. The SMILES string of the molecule is CCc1cccc(Nc2nc(NN)ccc2[N+](=O)[O-])c1. The minimum Gasteiger partial charge on any atom is -0.334 e. The first-order chi connectivity index (χ1) is 9.63. The Morgan fingerprint density at radius 2 is 2.15 bits per heavy atom. The van der Waals surface area contributed by atoms with Gasteiger partial charge in [-0.05, 0) is 30.2 Å². The van der Waals surface area contributed by atoms with Crippen LogP contribution in [0.4, 0.5) is 23.0 Å². The van der Waals surface area contributed by atoms with E-state index in [2.05, 4.69) is 15.7 Å². The van der Waals surface area contributed by atoms with Gasteiger partial charge in [-0.15, -0.1) is 0 Å². The maximum atomic E-state index is 11.0. The third kappa shape index (κ3) is 3.01. The highest BCUT2D eigenvalue weighted by Gasteiger charge is 2.16. The van der Waals surface area contributed by atoms with Crippen molar-refractivity contribution in [2.45, 2.75) is 13.3 Å². The molecule has 0 radical (unpaired) electrons. The van der Waals surface area contributed by atoms with E-state index in [1.165, 1.54) is 12.1 Å². The Morgan fingerprint density at radius 3 is 2.80 bits per heavy atom. The van der Waals surface area contributed by atoms with Crippen LogP contribution in [0.15, 0.2) is 36.4 Å². The van der Waals surface area contributed by atoms with Crippen LogP contribution in [-0.2, 0) is 6.42 Å². The summed E-state index contributed by atoms with van der Waals surface area (Å²) in [5, 5.41) is 14.0. The second-order valence-corrected chi connectivity index (χ2v) is 4.14. The fourth-order valence-electron chi connectivity index (χ4n) is 1.78. The molecular weight excluding hydrogens is 258 g/mol. The van der Waals surface area contributed by atoms with Crippen LogP contribution in [0.25, 0.3) is 0 Å². The number of aromatic nitrogens is 1. The summed E-state index contributed by atoms with van der Waals surface area (Å²) in [5.41, 5.74) is 4.14. The van der Waals surface area contributed by atoms with Gasteiger partial charge in [-0.1, -0.05) is 19.1 Å². The van der Waals surface area contributed by atoms with E-state index in [0.717, 1.165) is 17.7 Å². The predicted molar refractivity (Wildman–Crippen MR) is 77.8 cm³/mol. The second kappa shape index (κ2) is 5.98. The van der Waals surface area contributed by atoms with Gasteiger partial charge in [0.1, 0.15) is 5.82 Å². The highest BCUT2D eigenvalue weighted by molar-refractivity contribution is 5.67. The molecule has 1 heterocycles. The Balaban J connectivity index is 2.37. The molecule has 0 fully saturated rings. The van der Waals surface area contributed by atoms with Crippen molar-refractivity contribution in [2.24, 2.45) is 5.84 Å². The first-order valence-corrected chi connectivity index (χ1v) is 6.12. The van der Waals surface area contributed by atoms with E-state index in [9.17, 15) is 10.1 Å². The van der Waals surface area contributed by atoms with Gasteiger partial charge in [-0.2, -0.15) is 0 Å². The highest BCUT2D eigenvalue weighted by Crippen LogP contribution is 2.27. The molecule has 1 aromatic carbocycles. The lowest BCUT2D eigenvalue weighted by atomic mass is 10.1. The van der Waals surface area contributed by atoms with Crippen molar-refractivity contribution in [3.8, 4) is 0 Å². The van der Waals surface area contributed by atoms with E-state index in [0.29, 0.717) is 5.82 Å². The summed E-state index contributed by atoms with van der Waals surface area (Å²) in [6, 6.07) is 10.4. The normalized spacial score (nSPS) is 10.1. The number of anilines is 3. The van der Waals surface area contributed by atoms with Crippen LogP contribution in [0, 0.1) is 10.1 Å². The van der Waals surface area contributed by atoms with E-state index in [1.807, 2.05) is 31.2 Å². The number of nitrogen functional groups attached to an aromatic ring is 1. The Bertz CT molecular complexity index is 630. The summed E-state index contributed by atoms with van der Waals surface area (Å²) in [5.74, 6) is 5.78. The van der Waals surface area contributed by atoms with E-state index >= 15 is 0 Å². The first kappa shape index (κ1) is 13.8. The van der Waals surface area contributed by atoms with Gasteiger partial charge in [0, 0.05) is 11.8 Å². The lowest BCUT2D eigenvalue weighted by Gasteiger charge is -2.09. The van der Waals surface area contributed by atoms with Crippen LogP contribution >= 0.6 is 0 Å². The summed E-state index contributed by atoms with van der Waals surface area (Å²) in [6.45, 7) is 2.04. The van der Waals surface area contributed by atoms with Gasteiger partial charge in [0.15, 0.2) is 0 Å². The largest absolute Gasteiger partial charge is 0.334 e. The molecule has 0 spiro atoms. The minimum atomic E-state index is -0.487. The Labute approximate surface area is 116 Å². The van der Waals surface area contributed by atoms with E-state index in [4.69, 9.17) is 5.84 Å². The van der Waals surface area contributed by atoms with Gasteiger partial charge in [0.05, 0.1) is 4.92 Å². The van der Waals surface area contributed by atoms with Crippen molar-refractivity contribution in [1.29, 1.82) is 0 Å². The van der Waals surface area contributed by atoms with Crippen LogP contribution in [0.2, 0.25) is 0 Å². The zero-order valence-electron chi connectivity index (χ0n) is 11.0. The Hall–Kier alpha value is -2.67. The molecule has 0 aliphatic heterocycles. The molecule has 0 amide bonds. The quantitative estimate of drug-likeness (QED) is 0.439. The number of rotatable bonds is 5. The van der Waals surface area contributed by atoms with Crippen LogP contribution < -0.4 is 16.6 Å². The highest BCUT2D eigenvalue weighted by atomic mass is 16.6. The van der Waals surface area contributed by atoms with Gasteiger partial charge >= 0.3 is 5.69 Å². The molecule has 0 atom stereocenters. The fraction of sp³-hybridized carbons (Fsp3) is 0.154. The molecule has 0 aliphatic rings. The molecular formula is C13H15N5O2. The summed E-state index contributed by atoms with van der Waals surface area (Å²) in [7, 11) is 0.